The van der Waals surface area contributed by atoms with Crippen molar-refractivity contribution in [2.45, 2.75) is 45.4 Å². The number of aromatic nitrogens is 1. The molecule has 2 fully saturated rings. The van der Waals surface area contributed by atoms with Crippen molar-refractivity contribution in [1.29, 1.82) is 0 Å². The SMILES string of the molecule is CCOC(=O)c1cc(C)cnc1C1CC2(CCOCC2)C1. The summed E-state index contributed by atoms with van der Waals surface area (Å²) in [4.78, 5) is 16.7. The molecule has 0 bridgehead atoms. The monoisotopic (exact) mass is 289 g/mol. The van der Waals surface area contributed by atoms with Gasteiger partial charge in [-0.1, -0.05) is 0 Å². The van der Waals surface area contributed by atoms with E-state index in [2.05, 4.69) is 4.98 Å². The van der Waals surface area contributed by atoms with Gasteiger partial charge in [0, 0.05) is 25.3 Å². The summed E-state index contributed by atoms with van der Waals surface area (Å²) in [7, 11) is 0. The Hall–Kier alpha value is -1.42. The molecule has 0 radical (unpaired) electrons. The molecule has 1 spiro atoms. The summed E-state index contributed by atoms with van der Waals surface area (Å²) in [5, 5.41) is 0. The lowest BCUT2D eigenvalue weighted by Crippen LogP contribution is -2.41. The first-order valence-corrected chi connectivity index (χ1v) is 7.85. The molecule has 4 heteroatoms. The lowest BCUT2D eigenvalue weighted by atomic mass is 9.57. The molecule has 4 nitrogen and oxygen atoms in total. The molecule has 114 valence electrons. The highest BCUT2D eigenvalue weighted by Gasteiger charge is 2.46. The van der Waals surface area contributed by atoms with Crippen molar-refractivity contribution in [2.24, 2.45) is 5.41 Å². The average molecular weight is 289 g/mol. The largest absolute Gasteiger partial charge is 0.462 e. The highest BCUT2D eigenvalue weighted by Crippen LogP contribution is 2.56. The van der Waals surface area contributed by atoms with Crippen LogP contribution in [0.3, 0.4) is 0 Å². The second kappa shape index (κ2) is 5.76. The Bertz CT molecular complexity index is 527. The molecule has 0 unspecified atom stereocenters. The smallest absolute Gasteiger partial charge is 0.339 e. The molecule has 0 atom stereocenters. The summed E-state index contributed by atoms with van der Waals surface area (Å²) >= 11 is 0. The molecule has 0 amide bonds. The molecule has 1 saturated heterocycles. The van der Waals surface area contributed by atoms with Gasteiger partial charge in [0.1, 0.15) is 0 Å². The van der Waals surface area contributed by atoms with Gasteiger partial charge in [-0.25, -0.2) is 4.79 Å². The van der Waals surface area contributed by atoms with Gasteiger partial charge in [0.25, 0.3) is 0 Å². The number of rotatable bonds is 3. The topological polar surface area (TPSA) is 48.4 Å². The van der Waals surface area contributed by atoms with Crippen LogP contribution in [-0.2, 0) is 9.47 Å². The molecule has 2 aliphatic rings. The van der Waals surface area contributed by atoms with Crippen LogP contribution in [-0.4, -0.2) is 30.8 Å². The molecule has 1 aliphatic carbocycles. The first-order valence-electron chi connectivity index (χ1n) is 7.85. The molecule has 1 aliphatic heterocycles. The van der Waals surface area contributed by atoms with Gasteiger partial charge < -0.3 is 9.47 Å². The van der Waals surface area contributed by atoms with Gasteiger partial charge in [-0.2, -0.15) is 0 Å². The summed E-state index contributed by atoms with van der Waals surface area (Å²) in [6.07, 6.45) is 6.39. The highest BCUT2D eigenvalue weighted by atomic mass is 16.5. The number of carbonyl (C=O) groups is 1. The van der Waals surface area contributed by atoms with Gasteiger partial charge >= 0.3 is 5.97 Å². The third kappa shape index (κ3) is 2.82. The van der Waals surface area contributed by atoms with E-state index < -0.39 is 0 Å². The Morgan fingerprint density at radius 3 is 2.81 bits per heavy atom. The van der Waals surface area contributed by atoms with Crippen molar-refractivity contribution in [2.75, 3.05) is 19.8 Å². The average Bonchev–Trinajstić information content (AvgIpc) is 2.46. The van der Waals surface area contributed by atoms with Crippen LogP contribution in [0.2, 0.25) is 0 Å². The second-order valence-corrected chi connectivity index (χ2v) is 6.38. The van der Waals surface area contributed by atoms with Crippen LogP contribution < -0.4 is 0 Å². The van der Waals surface area contributed by atoms with Crippen LogP contribution in [0.1, 0.15) is 60.1 Å². The van der Waals surface area contributed by atoms with Crippen molar-refractivity contribution in [1.82, 2.24) is 4.98 Å². The van der Waals surface area contributed by atoms with Gasteiger partial charge in [0.2, 0.25) is 0 Å². The molecule has 3 rings (SSSR count). The fourth-order valence-corrected chi connectivity index (χ4v) is 3.67. The molecule has 0 N–H and O–H groups in total. The summed E-state index contributed by atoms with van der Waals surface area (Å²) in [5.41, 5.74) is 3.02. The standard InChI is InChI=1S/C17H23NO3/c1-3-21-16(19)14-8-12(2)11-18-15(14)13-9-17(10-13)4-6-20-7-5-17/h8,11,13H,3-7,9-10H2,1-2H3. The first-order chi connectivity index (χ1) is 10.1. The Balaban J connectivity index is 1.78. The quantitative estimate of drug-likeness (QED) is 0.801. The molecule has 1 aromatic heterocycles. The fraction of sp³-hybridized carbons (Fsp3) is 0.647. The number of hydrogen-bond donors (Lipinski definition) is 0. The number of esters is 1. The van der Waals surface area contributed by atoms with Crippen molar-refractivity contribution in [3.05, 3.63) is 29.1 Å². The van der Waals surface area contributed by atoms with Crippen LogP contribution in [0.15, 0.2) is 12.3 Å². The maximum absolute atomic E-state index is 12.1. The van der Waals surface area contributed by atoms with E-state index in [1.165, 1.54) is 0 Å². The summed E-state index contributed by atoms with van der Waals surface area (Å²) < 4.78 is 10.6. The minimum atomic E-state index is -0.239. The zero-order chi connectivity index (χ0) is 14.9. The van der Waals surface area contributed by atoms with Crippen molar-refractivity contribution >= 4 is 5.97 Å². The lowest BCUT2D eigenvalue weighted by molar-refractivity contribution is -0.0406. The van der Waals surface area contributed by atoms with Crippen LogP contribution in [0.5, 0.6) is 0 Å². The fourth-order valence-electron chi connectivity index (χ4n) is 3.67. The van der Waals surface area contributed by atoms with Gasteiger partial charge in [-0.05, 0) is 56.6 Å². The second-order valence-electron chi connectivity index (χ2n) is 6.38. The van der Waals surface area contributed by atoms with Gasteiger partial charge in [-0.15, -0.1) is 0 Å². The van der Waals surface area contributed by atoms with Crippen LogP contribution in [0.25, 0.3) is 0 Å². The van der Waals surface area contributed by atoms with Crippen molar-refractivity contribution in [3.8, 4) is 0 Å². The van der Waals surface area contributed by atoms with E-state index in [9.17, 15) is 4.79 Å². The van der Waals surface area contributed by atoms with E-state index in [1.807, 2.05) is 26.1 Å². The third-order valence-electron chi connectivity index (χ3n) is 4.85. The van der Waals surface area contributed by atoms with Crippen LogP contribution >= 0.6 is 0 Å². The first kappa shape index (κ1) is 14.5. The molecular weight excluding hydrogens is 266 g/mol. The van der Waals surface area contributed by atoms with E-state index >= 15 is 0 Å². The van der Waals surface area contributed by atoms with E-state index in [1.54, 1.807) is 0 Å². The zero-order valence-corrected chi connectivity index (χ0v) is 12.9. The van der Waals surface area contributed by atoms with Crippen molar-refractivity contribution in [3.63, 3.8) is 0 Å². The molecule has 1 aromatic rings. The van der Waals surface area contributed by atoms with E-state index in [0.717, 1.165) is 50.2 Å². The Morgan fingerprint density at radius 1 is 1.43 bits per heavy atom. The normalized spacial score (nSPS) is 21.0. The van der Waals surface area contributed by atoms with Gasteiger partial charge in [0.05, 0.1) is 17.9 Å². The minimum absolute atomic E-state index is 0.239. The summed E-state index contributed by atoms with van der Waals surface area (Å²) in [6, 6.07) is 1.91. The molecule has 2 heterocycles. The number of ether oxygens (including phenoxy) is 2. The Morgan fingerprint density at radius 2 is 2.14 bits per heavy atom. The predicted octanol–water partition coefficient (Wildman–Crippen LogP) is 3.24. The zero-order valence-electron chi connectivity index (χ0n) is 12.9. The van der Waals surface area contributed by atoms with Gasteiger partial charge in [0.15, 0.2) is 0 Å². The number of pyridine rings is 1. The van der Waals surface area contributed by atoms with Crippen molar-refractivity contribution < 1.29 is 14.3 Å². The molecular formula is C17H23NO3. The third-order valence-corrected chi connectivity index (χ3v) is 4.85. The number of nitrogens with zero attached hydrogens (tertiary/aromatic N) is 1. The van der Waals surface area contributed by atoms with Crippen LogP contribution in [0.4, 0.5) is 0 Å². The summed E-state index contributed by atoms with van der Waals surface area (Å²) in [5.74, 6) is 0.153. The predicted molar refractivity (Wildman–Crippen MR) is 79.4 cm³/mol. The highest BCUT2D eigenvalue weighted by molar-refractivity contribution is 5.91. The minimum Gasteiger partial charge on any atom is -0.462 e. The van der Waals surface area contributed by atoms with Crippen LogP contribution in [0, 0.1) is 12.3 Å². The maximum atomic E-state index is 12.1. The molecule has 0 aromatic carbocycles. The Kier molecular flexibility index (Phi) is 3.98. The molecule has 1 saturated carbocycles. The number of hydrogen-bond acceptors (Lipinski definition) is 4. The number of carbonyl (C=O) groups excluding carboxylic acids is 1. The van der Waals surface area contributed by atoms with Gasteiger partial charge in [-0.3, -0.25) is 4.98 Å². The summed E-state index contributed by atoms with van der Waals surface area (Å²) in [6.45, 7) is 5.94. The van der Waals surface area contributed by atoms with E-state index in [-0.39, 0.29) is 5.97 Å². The maximum Gasteiger partial charge on any atom is 0.339 e. The molecule has 21 heavy (non-hydrogen) atoms. The Labute approximate surface area is 125 Å². The van der Waals surface area contributed by atoms with E-state index in [0.29, 0.717) is 23.5 Å². The number of aryl methyl sites for hydroxylation is 1. The lowest BCUT2D eigenvalue weighted by Gasteiger charge is -2.50. The van der Waals surface area contributed by atoms with E-state index in [4.69, 9.17) is 9.47 Å².